The van der Waals surface area contributed by atoms with Gasteiger partial charge in [-0.25, -0.2) is 4.98 Å². The zero-order valence-electron chi connectivity index (χ0n) is 28.8. The van der Waals surface area contributed by atoms with Gasteiger partial charge in [0.05, 0.1) is 30.5 Å². The molecular formula is C36H38F6N4O6S. The van der Waals surface area contributed by atoms with Crippen molar-refractivity contribution in [2.45, 2.75) is 49.7 Å². The van der Waals surface area contributed by atoms with E-state index in [-0.39, 0.29) is 57.7 Å². The van der Waals surface area contributed by atoms with E-state index in [1.54, 1.807) is 24.2 Å². The van der Waals surface area contributed by atoms with Crippen molar-refractivity contribution in [2.75, 3.05) is 64.6 Å². The molecule has 6 rings (SSSR count). The van der Waals surface area contributed by atoms with Crippen LogP contribution in [0.15, 0.2) is 60.1 Å². The Bertz CT molecular complexity index is 1790. The molecule has 0 unspecified atom stereocenters. The summed E-state index contributed by atoms with van der Waals surface area (Å²) in [6.45, 7) is 1.68. The molecule has 17 heteroatoms. The fourth-order valence-electron chi connectivity index (χ4n) is 6.99. The van der Waals surface area contributed by atoms with E-state index in [4.69, 9.17) is 18.9 Å². The Morgan fingerprint density at radius 3 is 2.51 bits per heavy atom. The van der Waals surface area contributed by atoms with E-state index in [2.05, 4.69) is 4.98 Å². The lowest BCUT2D eigenvalue weighted by molar-refractivity contribution is -0.159. The lowest BCUT2D eigenvalue weighted by Gasteiger charge is -2.50. The number of halogens is 6. The molecule has 0 saturated carbocycles. The number of piperazine rings is 1. The highest BCUT2D eigenvalue weighted by molar-refractivity contribution is 7.10. The SMILES string of the molecule is COCCOc1ccccc1N1CCN(C(=O)[C@]2(Oc3csc(C(F)(F)F)c3)CCCN3C(=O)c4c(C(F)(F)F)ccnc4OCC/C=C/C[C@@H]32)CC1. The van der Waals surface area contributed by atoms with E-state index in [0.29, 0.717) is 49.5 Å². The van der Waals surface area contributed by atoms with Gasteiger partial charge in [-0.2, -0.15) is 26.3 Å². The molecule has 3 aliphatic rings. The molecule has 53 heavy (non-hydrogen) atoms. The Balaban J connectivity index is 1.37. The van der Waals surface area contributed by atoms with Crippen LogP contribution in [0, 0.1) is 0 Å². The Kier molecular flexibility index (Phi) is 11.4. The highest BCUT2D eigenvalue weighted by Gasteiger charge is 2.56. The highest BCUT2D eigenvalue weighted by atomic mass is 32.1. The first-order valence-electron chi connectivity index (χ1n) is 17.1. The number of methoxy groups -OCH3 is 1. The molecule has 286 valence electrons. The normalized spacial score (nSPS) is 21.9. The fraction of sp³-hybridized carbons (Fsp3) is 0.472. The number of rotatable bonds is 8. The predicted molar refractivity (Wildman–Crippen MR) is 182 cm³/mol. The number of pyridine rings is 1. The average Bonchev–Trinajstić information content (AvgIpc) is 3.61. The lowest BCUT2D eigenvalue weighted by atomic mass is 9.80. The molecule has 0 radical (unpaired) electrons. The quantitative estimate of drug-likeness (QED) is 0.142. The third-order valence-corrected chi connectivity index (χ3v) is 10.4. The number of anilines is 1. The number of amides is 2. The number of hydrogen-bond acceptors (Lipinski definition) is 9. The first kappa shape index (κ1) is 38.2. The van der Waals surface area contributed by atoms with Crippen LogP contribution < -0.4 is 19.1 Å². The van der Waals surface area contributed by atoms with E-state index in [1.807, 2.05) is 29.2 Å². The Labute approximate surface area is 305 Å². The summed E-state index contributed by atoms with van der Waals surface area (Å²) in [6, 6.07) is 7.70. The maximum Gasteiger partial charge on any atom is 0.425 e. The van der Waals surface area contributed by atoms with Crippen molar-refractivity contribution in [1.29, 1.82) is 0 Å². The number of thiophene rings is 1. The molecule has 2 atom stereocenters. The minimum absolute atomic E-state index is 0.00969. The summed E-state index contributed by atoms with van der Waals surface area (Å²) in [5.41, 5.74) is -3.21. The van der Waals surface area contributed by atoms with Gasteiger partial charge in [-0.3, -0.25) is 9.59 Å². The standard InChI is InChI=1S/C36H38F6N4O6S/c1-49-20-21-50-27-9-5-4-8-26(27)44-15-17-45(18-16-44)33(48)34(52-24-22-29(53-23-24)36(40,41)42)12-7-14-46-28(34)10-3-2-6-19-51-31-30(32(46)47)25(11-13-43-31)35(37,38)39/h2-5,8-9,11,13,22-23,28H,6-7,10,12,14-21H2,1H3/b3-2+/t28-,34+/m1/s1. The van der Waals surface area contributed by atoms with Gasteiger partial charge < -0.3 is 33.6 Å². The van der Waals surface area contributed by atoms with Gasteiger partial charge in [0.2, 0.25) is 11.5 Å². The van der Waals surface area contributed by atoms with Gasteiger partial charge >= 0.3 is 12.4 Å². The molecule has 0 bridgehead atoms. The summed E-state index contributed by atoms with van der Waals surface area (Å²) in [5, 5.41) is 1.15. The zero-order chi connectivity index (χ0) is 37.8. The number of hydrogen-bond donors (Lipinski definition) is 0. The number of ether oxygens (including phenoxy) is 4. The van der Waals surface area contributed by atoms with E-state index in [0.717, 1.165) is 28.2 Å². The van der Waals surface area contributed by atoms with Crippen LogP contribution in [0.5, 0.6) is 17.4 Å². The van der Waals surface area contributed by atoms with Crippen LogP contribution >= 0.6 is 11.3 Å². The highest BCUT2D eigenvalue weighted by Crippen LogP contribution is 2.44. The smallest absolute Gasteiger partial charge is 0.425 e. The van der Waals surface area contributed by atoms with Crippen molar-refractivity contribution < 1.29 is 54.9 Å². The third-order valence-electron chi connectivity index (χ3n) is 9.44. The number of piperidine rings is 1. The van der Waals surface area contributed by atoms with Crippen molar-refractivity contribution >= 4 is 28.8 Å². The molecule has 10 nitrogen and oxygen atoms in total. The molecule has 5 heterocycles. The monoisotopic (exact) mass is 768 g/mol. The second-order valence-corrected chi connectivity index (χ2v) is 13.6. The van der Waals surface area contributed by atoms with Gasteiger partial charge in [0.15, 0.2) is 0 Å². The Morgan fingerprint density at radius 1 is 1.02 bits per heavy atom. The molecule has 2 amide bonds. The molecule has 1 aromatic carbocycles. The van der Waals surface area contributed by atoms with Gasteiger partial charge in [-0.1, -0.05) is 24.3 Å². The third kappa shape index (κ3) is 8.20. The second kappa shape index (κ2) is 15.8. The number of alkyl halides is 6. The summed E-state index contributed by atoms with van der Waals surface area (Å²) >= 11 is 0.393. The minimum atomic E-state index is -4.95. The Morgan fingerprint density at radius 2 is 1.79 bits per heavy atom. The first-order valence-corrected chi connectivity index (χ1v) is 18.0. The topological polar surface area (TPSA) is 93.7 Å². The van der Waals surface area contributed by atoms with Crippen LogP contribution in [0.1, 0.15) is 46.5 Å². The number of aromatic nitrogens is 1. The number of nitrogens with zero attached hydrogens (tertiary/aromatic N) is 4. The summed E-state index contributed by atoms with van der Waals surface area (Å²) < 4.78 is 107. The van der Waals surface area contributed by atoms with Crippen LogP contribution in [-0.2, 0) is 21.9 Å². The van der Waals surface area contributed by atoms with Crippen molar-refractivity contribution in [3.63, 3.8) is 0 Å². The number of para-hydroxylation sites is 2. The molecule has 2 saturated heterocycles. The zero-order valence-corrected chi connectivity index (χ0v) is 29.6. The van der Waals surface area contributed by atoms with Crippen molar-refractivity contribution in [2.24, 2.45) is 0 Å². The predicted octanol–water partition coefficient (Wildman–Crippen LogP) is 6.71. The van der Waals surface area contributed by atoms with Crippen molar-refractivity contribution in [3.8, 4) is 17.4 Å². The largest absolute Gasteiger partial charge is 0.489 e. The number of benzene rings is 1. The van der Waals surface area contributed by atoms with Crippen LogP contribution in [-0.4, -0.2) is 97.9 Å². The van der Waals surface area contributed by atoms with E-state index in [9.17, 15) is 35.9 Å². The molecule has 0 N–H and O–H groups in total. The fourth-order valence-corrected chi connectivity index (χ4v) is 7.67. The molecule has 2 aromatic heterocycles. The molecule has 0 aliphatic carbocycles. The minimum Gasteiger partial charge on any atom is -0.489 e. The summed E-state index contributed by atoms with van der Waals surface area (Å²) in [6.07, 6.45) is -5.00. The van der Waals surface area contributed by atoms with Crippen molar-refractivity contribution in [3.05, 3.63) is 76.1 Å². The molecule has 0 spiro atoms. The molecule has 3 aromatic rings. The molecular weight excluding hydrogens is 730 g/mol. The van der Waals surface area contributed by atoms with E-state index < -0.39 is 57.7 Å². The van der Waals surface area contributed by atoms with E-state index in [1.165, 1.54) is 0 Å². The van der Waals surface area contributed by atoms with Crippen LogP contribution in [0.3, 0.4) is 0 Å². The summed E-state index contributed by atoms with van der Waals surface area (Å²) in [5.74, 6) is -1.75. The number of carbonyl (C=O) groups excluding carboxylic acids is 2. The van der Waals surface area contributed by atoms with Crippen LogP contribution in [0.2, 0.25) is 0 Å². The van der Waals surface area contributed by atoms with Crippen LogP contribution in [0.4, 0.5) is 32.0 Å². The molecule has 3 aliphatic heterocycles. The number of fused-ring (bicyclic) bond motifs is 2. The Hall–Kier alpha value is -4.51. The van der Waals surface area contributed by atoms with Gasteiger partial charge in [-0.15, -0.1) is 11.3 Å². The van der Waals surface area contributed by atoms with Gasteiger partial charge in [0.25, 0.3) is 11.8 Å². The summed E-state index contributed by atoms with van der Waals surface area (Å²) in [7, 11) is 1.57. The molecule has 2 fully saturated rings. The van der Waals surface area contributed by atoms with Crippen LogP contribution in [0.25, 0.3) is 0 Å². The maximum absolute atomic E-state index is 15.0. The average molecular weight is 769 g/mol. The van der Waals surface area contributed by atoms with Gasteiger partial charge in [0.1, 0.15) is 28.5 Å². The van der Waals surface area contributed by atoms with Gasteiger partial charge in [0, 0.05) is 63.9 Å². The maximum atomic E-state index is 15.0. The summed E-state index contributed by atoms with van der Waals surface area (Å²) in [4.78, 5) is 37.1. The lowest BCUT2D eigenvalue weighted by Crippen LogP contribution is -2.69. The van der Waals surface area contributed by atoms with E-state index >= 15 is 0 Å². The van der Waals surface area contributed by atoms with Gasteiger partial charge in [-0.05, 0) is 37.5 Å². The van der Waals surface area contributed by atoms with Crippen molar-refractivity contribution in [1.82, 2.24) is 14.8 Å². The second-order valence-electron chi connectivity index (χ2n) is 12.7. The number of carbonyl (C=O) groups is 2. The first-order chi connectivity index (χ1) is 25.3.